The maximum atomic E-state index is 12.0. The number of carbonyl (C=O) groups excluding carboxylic acids is 1. The highest BCUT2D eigenvalue weighted by atomic mass is 16.2. The molecule has 0 saturated heterocycles. The molecule has 4 N–H and O–H groups in total. The van der Waals surface area contributed by atoms with Crippen LogP contribution in [0.25, 0.3) is 0 Å². The largest absolute Gasteiger partial charge is 0.399 e. The van der Waals surface area contributed by atoms with Crippen LogP contribution in [0.15, 0.2) is 18.2 Å². The molecule has 0 heterocycles. The van der Waals surface area contributed by atoms with E-state index in [1.807, 2.05) is 24.9 Å². The number of aliphatic hydroxyl groups excluding tert-OH is 1. The van der Waals surface area contributed by atoms with E-state index >= 15 is 0 Å². The van der Waals surface area contributed by atoms with E-state index in [4.69, 9.17) is 10.8 Å². The second-order valence-electron chi connectivity index (χ2n) is 4.84. The Morgan fingerprint density at radius 1 is 1.35 bits per heavy atom. The van der Waals surface area contributed by atoms with Gasteiger partial charge in [-0.15, -0.1) is 0 Å². The Kier molecular flexibility index (Phi) is 6.87. The molecule has 5 heteroatoms. The van der Waals surface area contributed by atoms with E-state index in [1.54, 1.807) is 12.1 Å². The lowest BCUT2D eigenvalue weighted by atomic mass is 10.1. The first kappa shape index (κ1) is 16.3. The van der Waals surface area contributed by atoms with Crippen LogP contribution in [0.4, 0.5) is 11.4 Å². The van der Waals surface area contributed by atoms with Gasteiger partial charge in [0, 0.05) is 32.4 Å². The van der Waals surface area contributed by atoms with E-state index < -0.39 is 0 Å². The summed E-state index contributed by atoms with van der Waals surface area (Å²) in [7, 11) is 1.95. The molecule has 1 rings (SSSR count). The highest BCUT2D eigenvalue weighted by Gasteiger charge is 2.14. The van der Waals surface area contributed by atoms with Gasteiger partial charge >= 0.3 is 0 Å². The number of nitrogen functional groups attached to an aromatic ring is 1. The van der Waals surface area contributed by atoms with Crippen molar-refractivity contribution in [1.82, 2.24) is 5.32 Å². The number of nitrogens with zero attached hydrogens (tertiary/aromatic N) is 1. The molecule has 112 valence electrons. The zero-order valence-electron chi connectivity index (χ0n) is 12.4. The Morgan fingerprint density at radius 2 is 2.10 bits per heavy atom. The van der Waals surface area contributed by atoms with Crippen molar-refractivity contribution in [3.05, 3.63) is 23.8 Å². The molecule has 0 aliphatic carbocycles. The van der Waals surface area contributed by atoms with E-state index in [-0.39, 0.29) is 12.5 Å². The number of nitrogens with one attached hydrogen (secondary N) is 1. The van der Waals surface area contributed by atoms with E-state index in [0.29, 0.717) is 17.8 Å². The summed E-state index contributed by atoms with van der Waals surface area (Å²) in [6.07, 6.45) is 2.76. The molecular formula is C15H25N3O2. The van der Waals surface area contributed by atoms with Gasteiger partial charge in [0.1, 0.15) is 0 Å². The third-order valence-corrected chi connectivity index (χ3v) is 3.17. The van der Waals surface area contributed by atoms with Crippen LogP contribution >= 0.6 is 0 Å². The Hall–Kier alpha value is -1.75. The van der Waals surface area contributed by atoms with Gasteiger partial charge in [0.05, 0.1) is 11.3 Å². The van der Waals surface area contributed by atoms with Crippen molar-refractivity contribution in [2.75, 3.05) is 37.4 Å². The van der Waals surface area contributed by atoms with Crippen LogP contribution in [0, 0.1) is 0 Å². The van der Waals surface area contributed by atoms with Crippen LogP contribution < -0.4 is 16.0 Å². The molecule has 0 radical (unpaired) electrons. The average Bonchev–Trinajstić information content (AvgIpc) is 2.43. The predicted octanol–water partition coefficient (Wildman–Crippen LogP) is 1.62. The molecule has 0 aromatic heterocycles. The molecule has 20 heavy (non-hydrogen) atoms. The third-order valence-electron chi connectivity index (χ3n) is 3.17. The third kappa shape index (κ3) is 4.74. The van der Waals surface area contributed by atoms with Crippen molar-refractivity contribution in [2.45, 2.75) is 26.2 Å². The zero-order chi connectivity index (χ0) is 15.0. The standard InChI is InChI=1S/C15H25N3O2/c1-3-17-15(20)13-8-7-12(16)11-14(13)18(2)9-5-4-6-10-19/h7-8,11,19H,3-6,9-10,16H2,1-2H3,(H,17,20). The number of benzene rings is 1. The second-order valence-corrected chi connectivity index (χ2v) is 4.84. The lowest BCUT2D eigenvalue weighted by Crippen LogP contribution is -2.27. The zero-order valence-corrected chi connectivity index (χ0v) is 12.4. The molecule has 1 aromatic rings. The van der Waals surface area contributed by atoms with Crippen LogP contribution in [-0.2, 0) is 0 Å². The number of hydrogen-bond donors (Lipinski definition) is 3. The molecule has 0 bridgehead atoms. The first-order chi connectivity index (χ1) is 9.60. The number of anilines is 2. The number of nitrogens with two attached hydrogens (primary N) is 1. The van der Waals surface area contributed by atoms with Crippen LogP contribution in [0.5, 0.6) is 0 Å². The summed E-state index contributed by atoms with van der Waals surface area (Å²) in [4.78, 5) is 14.1. The Labute approximate surface area is 120 Å². The van der Waals surface area contributed by atoms with Gasteiger partial charge in [-0.2, -0.15) is 0 Å². The molecule has 0 aliphatic heterocycles. The molecule has 5 nitrogen and oxygen atoms in total. The van der Waals surface area contributed by atoms with Crippen molar-refractivity contribution in [3.8, 4) is 0 Å². The lowest BCUT2D eigenvalue weighted by Gasteiger charge is -2.22. The molecular weight excluding hydrogens is 254 g/mol. The Bertz CT molecular complexity index is 435. The minimum Gasteiger partial charge on any atom is -0.399 e. The van der Waals surface area contributed by atoms with Gasteiger partial charge < -0.3 is 21.1 Å². The van der Waals surface area contributed by atoms with Crippen LogP contribution in [0.3, 0.4) is 0 Å². The first-order valence-electron chi connectivity index (χ1n) is 7.09. The second kappa shape index (κ2) is 8.43. The molecule has 0 fully saturated rings. The monoisotopic (exact) mass is 279 g/mol. The summed E-state index contributed by atoms with van der Waals surface area (Å²) >= 11 is 0. The SMILES string of the molecule is CCNC(=O)c1ccc(N)cc1N(C)CCCCCO. The minimum absolute atomic E-state index is 0.0790. The fraction of sp³-hybridized carbons (Fsp3) is 0.533. The summed E-state index contributed by atoms with van der Waals surface area (Å²) in [6, 6.07) is 5.34. The number of hydrogen-bond acceptors (Lipinski definition) is 4. The van der Waals surface area contributed by atoms with Gasteiger partial charge in [0.2, 0.25) is 0 Å². The number of carbonyl (C=O) groups is 1. The van der Waals surface area contributed by atoms with Gasteiger partial charge in [-0.3, -0.25) is 4.79 Å². The van der Waals surface area contributed by atoms with E-state index in [2.05, 4.69) is 5.32 Å². The van der Waals surface area contributed by atoms with E-state index in [0.717, 1.165) is 31.5 Å². The van der Waals surface area contributed by atoms with Crippen molar-refractivity contribution >= 4 is 17.3 Å². The summed E-state index contributed by atoms with van der Waals surface area (Å²) in [5.74, 6) is -0.0790. The summed E-state index contributed by atoms with van der Waals surface area (Å²) in [5.41, 5.74) is 7.96. The Morgan fingerprint density at radius 3 is 2.75 bits per heavy atom. The summed E-state index contributed by atoms with van der Waals surface area (Å²) in [5, 5.41) is 11.6. The van der Waals surface area contributed by atoms with Gasteiger partial charge in [0.15, 0.2) is 0 Å². The minimum atomic E-state index is -0.0790. The molecule has 0 saturated carbocycles. The average molecular weight is 279 g/mol. The van der Waals surface area contributed by atoms with Gasteiger partial charge in [-0.25, -0.2) is 0 Å². The van der Waals surface area contributed by atoms with Gasteiger partial charge in [0.25, 0.3) is 5.91 Å². The van der Waals surface area contributed by atoms with Crippen LogP contribution in [0.2, 0.25) is 0 Å². The smallest absolute Gasteiger partial charge is 0.253 e. The summed E-state index contributed by atoms with van der Waals surface area (Å²) in [6.45, 7) is 3.55. The van der Waals surface area contributed by atoms with Crippen molar-refractivity contribution in [1.29, 1.82) is 0 Å². The molecule has 1 amide bonds. The molecule has 0 aliphatic rings. The fourth-order valence-electron chi connectivity index (χ4n) is 2.07. The Balaban J connectivity index is 2.80. The van der Waals surface area contributed by atoms with Crippen molar-refractivity contribution in [3.63, 3.8) is 0 Å². The summed E-state index contributed by atoms with van der Waals surface area (Å²) < 4.78 is 0. The lowest BCUT2D eigenvalue weighted by molar-refractivity contribution is 0.0956. The predicted molar refractivity (Wildman–Crippen MR) is 83.1 cm³/mol. The highest BCUT2D eigenvalue weighted by Crippen LogP contribution is 2.23. The van der Waals surface area contributed by atoms with Gasteiger partial charge in [-0.05, 0) is 44.4 Å². The van der Waals surface area contributed by atoms with E-state index in [1.165, 1.54) is 0 Å². The number of rotatable bonds is 8. The topological polar surface area (TPSA) is 78.6 Å². The molecule has 0 unspecified atom stereocenters. The molecule has 0 spiro atoms. The maximum Gasteiger partial charge on any atom is 0.253 e. The quantitative estimate of drug-likeness (QED) is 0.499. The normalized spacial score (nSPS) is 10.3. The van der Waals surface area contributed by atoms with Gasteiger partial charge in [-0.1, -0.05) is 0 Å². The number of amides is 1. The van der Waals surface area contributed by atoms with E-state index in [9.17, 15) is 4.79 Å². The number of unbranched alkanes of at least 4 members (excludes halogenated alkanes) is 2. The first-order valence-corrected chi connectivity index (χ1v) is 7.09. The molecule has 0 atom stereocenters. The molecule has 1 aromatic carbocycles. The van der Waals surface area contributed by atoms with Crippen molar-refractivity contribution in [2.24, 2.45) is 0 Å². The maximum absolute atomic E-state index is 12.0. The number of aliphatic hydroxyl groups is 1. The fourth-order valence-corrected chi connectivity index (χ4v) is 2.07. The van der Waals surface area contributed by atoms with Crippen LogP contribution in [-0.4, -0.2) is 37.8 Å². The van der Waals surface area contributed by atoms with Crippen molar-refractivity contribution < 1.29 is 9.90 Å². The highest BCUT2D eigenvalue weighted by molar-refractivity contribution is 6.00. The van der Waals surface area contributed by atoms with Crippen LogP contribution in [0.1, 0.15) is 36.5 Å².